The van der Waals surface area contributed by atoms with Crippen molar-refractivity contribution in [2.24, 2.45) is 4.40 Å². The van der Waals surface area contributed by atoms with Crippen LogP contribution in [0.15, 0.2) is 64.9 Å². The Kier molecular flexibility index (Phi) is 7.13. The molecule has 0 bridgehead atoms. The summed E-state index contributed by atoms with van der Waals surface area (Å²) >= 11 is 4.02. The monoisotopic (exact) mass is 421 g/mol. The number of nitrogens with zero attached hydrogens (tertiary/aromatic N) is 3. The van der Waals surface area contributed by atoms with E-state index in [0.29, 0.717) is 17.3 Å². The second-order valence-electron chi connectivity index (χ2n) is 6.76. The summed E-state index contributed by atoms with van der Waals surface area (Å²) < 4.78 is 9.04. The molecule has 154 valence electrons. The molecule has 30 heavy (non-hydrogen) atoms. The summed E-state index contributed by atoms with van der Waals surface area (Å²) in [5.41, 5.74) is 2.51. The van der Waals surface area contributed by atoms with Gasteiger partial charge in [-0.3, -0.25) is 15.2 Å². The lowest BCUT2D eigenvalue weighted by atomic mass is 9.92. The third-order valence-corrected chi connectivity index (χ3v) is 4.84. The van der Waals surface area contributed by atoms with E-state index in [1.54, 1.807) is 0 Å². The van der Waals surface area contributed by atoms with E-state index in [1.807, 2.05) is 49.4 Å². The normalized spacial score (nSPS) is 14.6. The summed E-state index contributed by atoms with van der Waals surface area (Å²) in [6.45, 7) is 1.97. The quantitative estimate of drug-likeness (QED) is 0.440. The SMILES string of the molecule is COc1cncc(NC(C(=O)C(=N)/C(=N\S)C2=CCCC=C2)c2ccc(C)cc2)n1. The maximum Gasteiger partial charge on any atom is 0.233 e. The molecule has 1 aromatic heterocycles. The first-order valence-electron chi connectivity index (χ1n) is 9.45. The maximum atomic E-state index is 13.4. The van der Waals surface area contributed by atoms with E-state index in [9.17, 15) is 4.79 Å². The predicted octanol–water partition coefficient (Wildman–Crippen LogP) is 4.10. The van der Waals surface area contributed by atoms with Crippen LogP contribution in [0.25, 0.3) is 0 Å². The minimum atomic E-state index is -0.849. The molecule has 8 heteroatoms. The van der Waals surface area contributed by atoms with Crippen molar-refractivity contribution in [3.05, 3.63) is 71.6 Å². The Bertz CT molecular complexity index is 1030. The highest BCUT2D eigenvalue weighted by molar-refractivity contribution is 7.79. The Morgan fingerprint density at radius 3 is 2.67 bits per heavy atom. The molecule has 1 heterocycles. The molecule has 0 spiro atoms. The highest BCUT2D eigenvalue weighted by Crippen LogP contribution is 2.23. The summed E-state index contributed by atoms with van der Waals surface area (Å²) in [7, 11) is 1.49. The van der Waals surface area contributed by atoms with Gasteiger partial charge in [0.25, 0.3) is 0 Å². The van der Waals surface area contributed by atoms with Crippen molar-refractivity contribution in [3.8, 4) is 5.88 Å². The van der Waals surface area contributed by atoms with Gasteiger partial charge in [0.05, 0.1) is 19.5 Å². The zero-order chi connectivity index (χ0) is 21.5. The molecule has 3 rings (SSSR count). The molecule has 1 aliphatic carbocycles. The van der Waals surface area contributed by atoms with E-state index < -0.39 is 11.8 Å². The largest absolute Gasteiger partial charge is 0.480 e. The van der Waals surface area contributed by atoms with Crippen LogP contribution in [-0.2, 0) is 4.79 Å². The fraction of sp³-hybridized carbons (Fsp3) is 0.227. The van der Waals surface area contributed by atoms with E-state index in [2.05, 4.69) is 32.5 Å². The highest BCUT2D eigenvalue weighted by Gasteiger charge is 2.29. The van der Waals surface area contributed by atoms with Gasteiger partial charge in [0, 0.05) is 0 Å². The van der Waals surface area contributed by atoms with E-state index in [1.165, 1.54) is 19.5 Å². The first-order valence-corrected chi connectivity index (χ1v) is 9.85. The standard InChI is InChI=1S/C22H23N5O2S/c1-14-8-10-16(11-9-14)21(26-17-12-24-13-18(25-17)29-2)22(28)19(23)20(27-30)15-6-4-3-5-7-15/h4,6-13,21,23,30H,3,5H2,1-2H3,(H,25,26)/b23-19?,27-20-. The summed E-state index contributed by atoms with van der Waals surface area (Å²) in [5.74, 6) is 0.235. The second-order valence-corrected chi connectivity index (χ2v) is 6.96. The number of carbonyl (C=O) groups excluding carboxylic acids is 1. The number of rotatable bonds is 8. The molecule has 1 aromatic carbocycles. The summed E-state index contributed by atoms with van der Waals surface area (Å²) in [6, 6.07) is 6.68. The van der Waals surface area contributed by atoms with Gasteiger partial charge in [0.1, 0.15) is 23.3 Å². The van der Waals surface area contributed by atoms with Crippen molar-refractivity contribution < 1.29 is 9.53 Å². The lowest BCUT2D eigenvalue weighted by Gasteiger charge is -2.20. The molecule has 1 atom stereocenters. The van der Waals surface area contributed by atoms with Crippen molar-refractivity contribution in [2.75, 3.05) is 12.4 Å². The number of nitrogens with one attached hydrogen (secondary N) is 2. The number of carbonyl (C=O) groups is 1. The fourth-order valence-corrected chi connectivity index (χ4v) is 3.24. The zero-order valence-corrected chi connectivity index (χ0v) is 17.7. The molecule has 1 unspecified atom stereocenters. The van der Waals surface area contributed by atoms with Gasteiger partial charge in [0.15, 0.2) is 0 Å². The van der Waals surface area contributed by atoms with Crippen molar-refractivity contribution in [1.82, 2.24) is 9.97 Å². The molecular formula is C22H23N5O2S. The zero-order valence-electron chi connectivity index (χ0n) is 16.8. The molecule has 7 nitrogen and oxygen atoms in total. The smallest absolute Gasteiger partial charge is 0.233 e. The van der Waals surface area contributed by atoms with Crippen LogP contribution in [-0.4, -0.2) is 34.3 Å². The van der Waals surface area contributed by atoms with Gasteiger partial charge in [0.2, 0.25) is 11.7 Å². The number of benzene rings is 1. The number of allylic oxidation sites excluding steroid dienone is 4. The molecule has 0 aliphatic heterocycles. The number of thiol groups is 1. The van der Waals surface area contributed by atoms with Gasteiger partial charge < -0.3 is 10.1 Å². The molecule has 2 aromatic rings. The molecule has 1 aliphatic rings. The van der Waals surface area contributed by atoms with Gasteiger partial charge in [-0.15, -0.1) is 0 Å². The van der Waals surface area contributed by atoms with Crippen LogP contribution in [0, 0.1) is 12.3 Å². The Balaban J connectivity index is 1.94. The number of aryl methyl sites for hydroxylation is 1. The highest BCUT2D eigenvalue weighted by atomic mass is 32.1. The van der Waals surface area contributed by atoms with Gasteiger partial charge in [-0.1, -0.05) is 48.1 Å². The van der Waals surface area contributed by atoms with Gasteiger partial charge in [-0.05, 0) is 43.7 Å². The lowest BCUT2D eigenvalue weighted by molar-refractivity contribution is -0.113. The number of aromatic nitrogens is 2. The van der Waals surface area contributed by atoms with Crippen molar-refractivity contribution >= 4 is 35.8 Å². The van der Waals surface area contributed by atoms with Crippen LogP contribution in [0.5, 0.6) is 5.88 Å². The number of anilines is 1. The topological polar surface area (TPSA) is 100 Å². The molecule has 0 fully saturated rings. The Hall–Kier alpha value is -3.26. The van der Waals surface area contributed by atoms with Crippen LogP contribution < -0.4 is 10.1 Å². The molecule has 2 N–H and O–H groups in total. The third-order valence-electron chi connectivity index (χ3n) is 4.64. The number of hydrogen-bond donors (Lipinski definition) is 3. The first kappa shape index (κ1) is 21.4. The summed E-state index contributed by atoms with van der Waals surface area (Å²) in [4.78, 5) is 21.8. The van der Waals surface area contributed by atoms with Crippen LogP contribution in [0.2, 0.25) is 0 Å². The van der Waals surface area contributed by atoms with Crippen molar-refractivity contribution in [2.45, 2.75) is 25.8 Å². The minimum absolute atomic E-state index is 0.225. The van der Waals surface area contributed by atoms with Crippen LogP contribution in [0.3, 0.4) is 0 Å². The second kappa shape index (κ2) is 9.98. The molecule has 0 saturated heterocycles. The number of ether oxygens (including phenoxy) is 1. The Morgan fingerprint density at radius 1 is 1.27 bits per heavy atom. The average Bonchev–Trinajstić information content (AvgIpc) is 2.79. The minimum Gasteiger partial charge on any atom is -0.480 e. The maximum absolute atomic E-state index is 13.4. The Morgan fingerprint density at radius 2 is 2.03 bits per heavy atom. The van der Waals surface area contributed by atoms with E-state index in [-0.39, 0.29) is 11.4 Å². The number of Topliss-reactive ketones (excluding diaryl/α,β-unsaturated/α-hetero) is 1. The number of ketones is 1. The van der Waals surface area contributed by atoms with Crippen LogP contribution in [0.1, 0.15) is 30.0 Å². The first-order chi connectivity index (χ1) is 14.5. The summed E-state index contributed by atoms with van der Waals surface area (Å²) in [6.07, 6.45) is 10.5. The van der Waals surface area contributed by atoms with Crippen molar-refractivity contribution in [1.29, 1.82) is 5.41 Å². The predicted molar refractivity (Wildman–Crippen MR) is 122 cm³/mol. The molecule has 0 radical (unpaired) electrons. The molecule has 0 amide bonds. The van der Waals surface area contributed by atoms with Crippen LogP contribution >= 0.6 is 12.8 Å². The Labute approximate surface area is 181 Å². The van der Waals surface area contributed by atoms with Crippen molar-refractivity contribution in [3.63, 3.8) is 0 Å². The molecular weight excluding hydrogens is 398 g/mol. The number of methoxy groups -OCH3 is 1. The van der Waals surface area contributed by atoms with E-state index in [4.69, 9.17) is 10.1 Å². The van der Waals surface area contributed by atoms with Crippen LogP contribution in [0.4, 0.5) is 5.82 Å². The summed E-state index contributed by atoms with van der Waals surface area (Å²) in [5, 5.41) is 11.6. The van der Waals surface area contributed by atoms with Gasteiger partial charge in [-0.25, -0.2) is 4.40 Å². The number of hydrogen-bond acceptors (Lipinski definition) is 8. The van der Waals surface area contributed by atoms with E-state index in [0.717, 1.165) is 24.0 Å². The average molecular weight is 422 g/mol. The molecule has 0 saturated carbocycles. The van der Waals surface area contributed by atoms with E-state index >= 15 is 0 Å². The third kappa shape index (κ3) is 5.01. The fourth-order valence-electron chi connectivity index (χ4n) is 3.03. The lowest BCUT2D eigenvalue weighted by Crippen LogP contribution is -2.33. The van der Waals surface area contributed by atoms with Gasteiger partial charge in [-0.2, -0.15) is 4.98 Å². The van der Waals surface area contributed by atoms with Gasteiger partial charge >= 0.3 is 0 Å².